The van der Waals surface area contributed by atoms with Gasteiger partial charge >= 0.3 is 0 Å². The molecule has 2 rings (SSSR count). The first-order valence-corrected chi connectivity index (χ1v) is 3.75. The fraction of sp³-hybridized carbons (Fsp3) is 0.857. The maximum absolute atomic E-state index is 11.1. The van der Waals surface area contributed by atoms with E-state index in [2.05, 4.69) is 17.3 Å². The van der Waals surface area contributed by atoms with Gasteiger partial charge in [-0.05, 0) is 13.5 Å². The lowest BCUT2D eigenvalue weighted by Gasteiger charge is -2.20. The van der Waals surface area contributed by atoms with E-state index in [9.17, 15) is 4.79 Å². The van der Waals surface area contributed by atoms with Gasteiger partial charge in [-0.2, -0.15) is 0 Å². The molecule has 56 valence electrons. The Morgan fingerprint density at radius 1 is 1.70 bits per heavy atom. The Hall–Kier alpha value is -0.570. The number of hydrogen-bond donors (Lipinski definition) is 1. The van der Waals surface area contributed by atoms with Gasteiger partial charge in [0.25, 0.3) is 0 Å². The fourth-order valence-corrected chi connectivity index (χ4v) is 1.87. The van der Waals surface area contributed by atoms with Gasteiger partial charge in [-0.15, -0.1) is 0 Å². The number of fused-ring (bicyclic) bond motifs is 2. The molecule has 1 N–H and O–H groups in total. The Morgan fingerprint density at radius 3 is 3.20 bits per heavy atom. The Balaban J connectivity index is 2.15. The SMILES string of the molecule is CN1C[C@H]2C[C@@H]1CNC2=O. The van der Waals surface area contributed by atoms with Crippen molar-refractivity contribution < 1.29 is 4.79 Å². The Labute approximate surface area is 60.4 Å². The zero-order chi connectivity index (χ0) is 7.14. The molecule has 10 heavy (non-hydrogen) atoms. The van der Waals surface area contributed by atoms with Crippen molar-refractivity contribution in [3.63, 3.8) is 0 Å². The monoisotopic (exact) mass is 140 g/mol. The molecular weight excluding hydrogens is 128 g/mol. The van der Waals surface area contributed by atoms with E-state index in [-0.39, 0.29) is 11.8 Å². The van der Waals surface area contributed by atoms with Crippen LogP contribution in [0.1, 0.15) is 6.42 Å². The predicted molar refractivity (Wildman–Crippen MR) is 37.5 cm³/mol. The van der Waals surface area contributed by atoms with Crippen LogP contribution in [0.4, 0.5) is 0 Å². The van der Waals surface area contributed by atoms with Crippen LogP contribution >= 0.6 is 0 Å². The third-order valence-corrected chi connectivity index (χ3v) is 2.57. The van der Waals surface area contributed by atoms with Crippen LogP contribution in [0.15, 0.2) is 0 Å². The molecule has 0 saturated carbocycles. The normalized spacial score (nSPS) is 39.9. The van der Waals surface area contributed by atoms with Crippen molar-refractivity contribution in [3.8, 4) is 0 Å². The van der Waals surface area contributed by atoms with Crippen LogP contribution in [-0.2, 0) is 4.79 Å². The molecule has 2 aliphatic rings. The van der Waals surface area contributed by atoms with Crippen molar-refractivity contribution in [2.24, 2.45) is 5.92 Å². The molecule has 2 fully saturated rings. The van der Waals surface area contributed by atoms with Crippen LogP contribution in [0.3, 0.4) is 0 Å². The average Bonchev–Trinajstić information content (AvgIpc) is 2.21. The first-order chi connectivity index (χ1) is 4.77. The van der Waals surface area contributed by atoms with E-state index >= 15 is 0 Å². The maximum atomic E-state index is 11.1. The molecule has 2 saturated heterocycles. The number of hydrogen-bond acceptors (Lipinski definition) is 2. The van der Waals surface area contributed by atoms with E-state index in [0.29, 0.717) is 6.04 Å². The summed E-state index contributed by atoms with van der Waals surface area (Å²) in [6.45, 7) is 1.81. The van der Waals surface area contributed by atoms with Gasteiger partial charge in [-0.25, -0.2) is 0 Å². The average molecular weight is 140 g/mol. The second-order valence-electron chi connectivity index (χ2n) is 3.27. The topological polar surface area (TPSA) is 32.3 Å². The summed E-state index contributed by atoms with van der Waals surface area (Å²) in [6, 6.07) is 0.614. The second-order valence-corrected chi connectivity index (χ2v) is 3.27. The highest BCUT2D eigenvalue weighted by Crippen LogP contribution is 2.24. The van der Waals surface area contributed by atoms with Crippen molar-refractivity contribution in [1.29, 1.82) is 0 Å². The van der Waals surface area contributed by atoms with Gasteiger partial charge in [-0.1, -0.05) is 0 Å². The number of likely N-dealkylation sites (N-methyl/N-ethyl adjacent to an activating group) is 1. The molecule has 0 radical (unpaired) electrons. The molecule has 1 amide bonds. The summed E-state index contributed by atoms with van der Waals surface area (Å²) in [5, 5.41) is 2.89. The lowest BCUT2D eigenvalue weighted by molar-refractivity contribution is -0.125. The summed E-state index contributed by atoms with van der Waals surface area (Å²) in [5.41, 5.74) is 0. The Bertz CT molecular complexity index is 167. The summed E-state index contributed by atoms with van der Waals surface area (Å²) in [4.78, 5) is 13.3. The number of rotatable bonds is 0. The number of piperidine rings is 1. The number of amides is 1. The highest BCUT2D eigenvalue weighted by atomic mass is 16.2. The third kappa shape index (κ3) is 0.736. The highest BCUT2D eigenvalue weighted by Gasteiger charge is 2.37. The second kappa shape index (κ2) is 1.95. The molecule has 3 heteroatoms. The van der Waals surface area contributed by atoms with Crippen molar-refractivity contribution in [3.05, 3.63) is 0 Å². The number of nitrogens with zero attached hydrogens (tertiary/aromatic N) is 1. The Morgan fingerprint density at radius 2 is 2.50 bits per heavy atom. The molecule has 0 aromatic heterocycles. The molecule has 3 nitrogen and oxygen atoms in total. The van der Waals surface area contributed by atoms with Crippen molar-refractivity contribution in [2.75, 3.05) is 20.1 Å². The lowest BCUT2D eigenvalue weighted by atomic mass is 10.0. The van der Waals surface area contributed by atoms with E-state index in [4.69, 9.17) is 0 Å². The van der Waals surface area contributed by atoms with E-state index < -0.39 is 0 Å². The van der Waals surface area contributed by atoms with Gasteiger partial charge in [0.05, 0.1) is 5.92 Å². The third-order valence-electron chi connectivity index (χ3n) is 2.57. The molecule has 0 aromatic rings. The smallest absolute Gasteiger partial charge is 0.224 e. The van der Waals surface area contributed by atoms with Crippen LogP contribution in [0.2, 0.25) is 0 Å². The summed E-state index contributed by atoms with van der Waals surface area (Å²) in [5.74, 6) is 0.532. The van der Waals surface area contributed by atoms with Gasteiger partial charge in [-0.3, -0.25) is 4.79 Å². The highest BCUT2D eigenvalue weighted by molar-refractivity contribution is 5.80. The van der Waals surface area contributed by atoms with Crippen molar-refractivity contribution in [1.82, 2.24) is 10.2 Å². The summed E-state index contributed by atoms with van der Waals surface area (Å²) in [7, 11) is 2.09. The number of nitrogens with one attached hydrogen (secondary N) is 1. The quantitative estimate of drug-likeness (QED) is 0.489. The molecule has 2 aliphatic heterocycles. The maximum Gasteiger partial charge on any atom is 0.224 e. The van der Waals surface area contributed by atoms with Crippen LogP contribution in [0, 0.1) is 5.92 Å². The van der Waals surface area contributed by atoms with Gasteiger partial charge in [0.1, 0.15) is 0 Å². The van der Waals surface area contributed by atoms with Gasteiger partial charge in [0.15, 0.2) is 0 Å². The van der Waals surface area contributed by atoms with E-state index in [1.165, 1.54) is 0 Å². The first-order valence-electron chi connectivity index (χ1n) is 3.75. The van der Waals surface area contributed by atoms with Crippen LogP contribution in [0.5, 0.6) is 0 Å². The minimum absolute atomic E-state index is 0.251. The van der Waals surface area contributed by atoms with Crippen LogP contribution < -0.4 is 5.32 Å². The number of likely N-dealkylation sites (tertiary alicyclic amines) is 1. The fourth-order valence-electron chi connectivity index (χ4n) is 1.87. The van der Waals surface area contributed by atoms with Crippen molar-refractivity contribution >= 4 is 5.91 Å². The van der Waals surface area contributed by atoms with Crippen LogP contribution in [0.25, 0.3) is 0 Å². The molecule has 0 aromatic carbocycles. The van der Waals surface area contributed by atoms with Gasteiger partial charge in [0, 0.05) is 19.1 Å². The molecule has 0 aliphatic carbocycles. The van der Waals surface area contributed by atoms with Gasteiger partial charge in [0.2, 0.25) is 5.91 Å². The summed E-state index contributed by atoms with van der Waals surface area (Å²) < 4.78 is 0. The lowest BCUT2D eigenvalue weighted by Crippen LogP contribution is -2.41. The largest absolute Gasteiger partial charge is 0.354 e. The van der Waals surface area contributed by atoms with E-state index in [1.54, 1.807) is 0 Å². The molecule has 2 atom stereocenters. The Kier molecular flexibility index (Phi) is 1.20. The first kappa shape index (κ1) is 6.16. The molecule has 2 heterocycles. The van der Waals surface area contributed by atoms with Crippen molar-refractivity contribution in [2.45, 2.75) is 12.5 Å². The number of carbonyl (C=O) groups excluding carboxylic acids is 1. The summed E-state index contributed by atoms with van der Waals surface area (Å²) >= 11 is 0. The van der Waals surface area contributed by atoms with Crippen LogP contribution in [-0.4, -0.2) is 37.0 Å². The zero-order valence-electron chi connectivity index (χ0n) is 6.13. The molecule has 0 spiro atoms. The number of carbonyl (C=O) groups is 1. The predicted octanol–water partition coefficient (Wildman–Crippen LogP) is -0.563. The summed E-state index contributed by atoms with van der Waals surface area (Å²) in [6.07, 6.45) is 1.07. The van der Waals surface area contributed by atoms with Gasteiger partial charge < -0.3 is 10.2 Å². The van der Waals surface area contributed by atoms with E-state index in [0.717, 1.165) is 19.5 Å². The minimum atomic E-state index is 0.251. The zero-order valence-corrected chi connectivity index (χ0v) is 6.13. The molecule has 0 unspecified atom stereocenters. The molecule has 2 bridgehead atoms. The molecular formula is C7H12N2O. The standard InChI is InChI=1S/C7H12N2O/c1-9-4-5-2-6(9)3-8-7(5)10/h5-6H,2-4H2,1H3,(H,8,10)/t5-,6-/m1/s1. The van der Waals surface area contributed by atoms with E-state index in [1.807, 2.05) is 0 Å². The minimum Gasteiger partial charge on any atom is -0.354 e.